The number of rotatable bonds is 9. The van der Waals surface area contributed by atoms with Gasteiger partial charge in [-0.1, -0.05) is 37.3 Å². The molecular weight excluding hydrogens is 410 g/mol. The molecule has 0 aliphatic rings. The molecule has 0 aliphatic heterocycles. The van der Waals surface area contributed by atoms with E-state index in [0.717, 1.165) is 40.7 Å². The predicted molar refractivity (Wildman–Crippen MR) is 121 cm³/mol. The Balaban J connectivity index is 1.28. The van der Waals surface area contributed by atoms with E-state index in [2.05, 4.69) is 15.3 Å². The van der Waals surface area contributed by atoms with Gasteiger partial charge in [-0.3, -0.25) is 10.1 Å². The molecule has 2 aromatic heterocycles. The van der Waals surface area contributed by atoms with Crippen LogP contribution >= 0.6 is 11.3 Å². The zero-order valence-electron chi connectivity index (χ0n) is 17.2. The molecule has 1 N–H and O–H groups in total. The maximum Gasteiger partial charge on any atom is 0.257 e. The summed E-state index contributed by atoms with van der Waals surface area (Å²) in [5, 5.41) is 3.43. The second-order valence-corrected chi connectivity index (χ2v) is 8.07. The molecule has 2 aromatic carbocycles. The summed E-state index contributed by atoms with van der Waals surface area (Å²) in [7, 11) is 0. The summed E-state index contributed by atoms with van der Waals surface area (Å²) in [5.74, 6) is 2.14. The fraction of sp³-hybridized carbons (Fsp3) is 0.208. The smallest absolute Gasteiger partial charge is 0.257 e. The van der Waals surface area contributed by atoms with Gasteiger partial charge >= 0.3 is 0 Å². The first kappa shape index (κ1) is 20.8. The van der Waals surface area contributed by atoms with Gasteiger partial charge in [0, 0.05) is 29.5 Å². The highest BCUT2D eigenvalue weighted by molar-refractivity contribution is 7.15. The minimum atomic E-state index is -0.198. The van der Waals surface area contributed by atoms with Crippen molar-refractivity contribution in [2.75, 3.05) is 5.32 Å². The summed E-state index contributed by atoms with van der Waals surface area (Å²) in [6.45, 7) is 2.52. The summed E-state index contributed by atoms with van der Waals surface area (Å²) in [5.41, 5.74) is 1.65. The summed E-state index contributed by atoms with van der Waals surface area (Å²) in [6.07, 6.45) is 5.87. The van der Waals surface area contributed by atoms with Crippen LogP contribution < -0.4 is 10.1 Å². The third kappa shape index (κ3) is 5.79. The van der Waals surface area contributed by atoms with Crippen LogP contribution in [0.5, 0.6) is 5.75 Å². The molecule has 4 aromatic rings. The minimum Gasteiger partial charge on any atom is -0.489 e. The molecule has 2 heterocycles. The van der Waals surface area contributed by atoms with Gasteiger partial charge in [-0.2, -0.15) is 0 Å². The number of oxazole rings is 1. The third-order valence-corrected chi connectivity index (χ3v) is 5.65. The quantitative estimate of drug-likeness (QED) is 0.387. The largest absolute Gasteiger partial charge is 0.489 e. The Hall–Kier alpha value is -3.45. The van der Waals surface area contributed by atoms with Crippen molar-refractivity contribution in [2.45, 2.75) is 32.8 Å². The molecule has 0 bridgehead atoms. The molecule has 6 nitrogen and oxygen atoms in total. The predicted octanol–water partition coefficient (Wildman–Crippen LogP) is 5.31. The van der Waals surface area contributed by atoms with Crippen LogP contribution in [0.1, 0.15) is 39.4 Å². The van der Waals surface area contributed by atoms with Gasteiger partial charge in [0.2, 0.25) is 0 Å². The van der Waals surface area contributed by atoms with Gasteiger partial charge < -0.3 is 9.15 Å². The molecule has 31 heavy (non-hydrogen) atoms. The molecule has 0 radical (unpaired) electrons. The van der Waals surface area contributed by atoms with Crippen LogP contribution in [0, 0.1) is 0 Å². The number of aromatic nitrogens is 2. The van der Waals surface area contributed by atoms with E-state index >= 15 is 0 Å². The number of carbonyl (C=O) groups is 1. The van der Waals surface area contributed by atoms with Gasteiger partial charge in [0.15, 0.2) is 11.0 Å². The Morgan fingerprint density at radius 3 is 2.58 bits per heavy atom. The Morgan fingerprint density at radius 1 is 1.03 bits per heavy atom. The second kappa shape index (κ2) is 10.0. The SMILES string of the molecule is CCc1cnc(CCc2cnc(NC(=O)c3ccc(OCc4ccccc4)cc3)s2)o1. The van der Waals surface area contributed by atoms with Crippen LogP contribution in [0.15, 0.2) is 71.4 Å². The standard InChI is InChI=1S/C24H23N3O3S/c1-2-19-14-25-22(30-19)13-12-21-15-26-24(31-21)27-23(28)18-8-10-20(11-9-18)29-16-17-6-4-3-5-7-17/h3-11,14-15H,2,12-13,16H2,1H3,(H,26,27,28). The molecule has 158 valence electrons. The fourth-order valence-electron chi connectivity index (χ4n) is 2.95. The Kier molecular flexibility index (Phi) is 6.74. The monoisotopic (exact) mass is 433 g/mol. The molecule has 0 saturated heterocycles. The number of hydrogen-bond donors (Lipinski definition) is 1. The van der Waals surface area contributed by atoms with Gasteiger partial charge in [0.1, 0.15) is 18.1 Å². The summed E-state index contributed by atoms with van der Waals surface area (Å²) in [6, 6.07) is 17.0. The first-order chi connectivity index (χ1) is 15.2. The molecule has 0 spiro atoms. The van der Waals surface area contributed by atoms with Gasteiger partial charge in [0.25, 0.3) is 5.91 Å². The van der Waals surface area contributed by atoms with Crippen molar-refractivity contribution < 1.29 is 13.9 Å². The molecule has 0 atom stereocenters. The van der Waals surface area contributed by atoms with Crippen molar-refractivity contribution >= 4 is 22.4 Å². The van der Waals surface area contributed by atoms with Gasteiger partial charge in [0.05, 0.1) is 6.20 Å². The van der Waals surface area contributed by atoms with E-state index in [9.17, 15) is 4.79 Å². The molecule has 0 unspecified atom stereocenters. The lowest BCUT2D eigenvalue weighted by Gasteiger charge is -2.07. The number of nitrogens with one attached hydrogen (secondary N) is 1. The van der Waals surface area contributed by atoms with Gasteiger partial charge in [-0.15, -0.1) is 11.3 Å². The highest BCUT2D eigenvalue weighted by atomic mass is 32.1. The molecule has 7 heteroatoms. The Bertz CT molecular complexity index is 1120. The van der Waals surface area contributed by atoms with Crippen LogP contribution in [0.4, 0.5) is 5.13 Å². The first-order valence-electron chi connectivity index (χ1n) is 10.2. The van der Waals surface area contributed by atoms with Crippen molar-refractivity contribution in [3.63, 3.8) is 0 Å². The summed E-state index contributed by atoms with van der Waals surface area (Å²) >= 11 is 1.46. The zero-order valence-corrected chi connectivity index (χ0v) is 18.0. The van der Waals surface area contributed by atoms with E-state index in [4.69, 9.17) is 9.15 Å². The Labute approximate surface area is 184 Å². The van der Waals surface area contributed by atoms with E-state index in [1.807, 2.05) is 37.3 Å². The fourth-order valence-corrected chi connectivity index (χ4v) is 3.76. The van der Waals surface area contributed by atoms with Crippen molar-refractivity contribution in [1.82, 2.24) is 9.97 Å². The lowest BCUT2D eigenvalue weighted by molar-refractivity contribution is 0.102. The summed E-state index contributed by atoms with van der Waals surface area (Å²) in [4.78, 5) is 22.2. The average Bonchev–Trinajstić information content (AvgIpc) is 3.46. The number of carbonyl (C=O) groups excluding carboxylic acids is 1. The Morgan fingerprint density at radius 2 is 1.84 bits per heavy atom. The van der Waals surface area contributed by atoms with E-state index < -0.39 is 0 Å². The minimum absolute atomic E-state index is 0.198. The van der Waals surface area contributed by atoms with Crippen molar-refractivity contribution in [3.8, 4) is 5.75 Å². The first-order valence-corrected chi connectivity index (χ1v) is 11.0. The number of benzene rings is 2. The highest BCUT2D eigenvalue weighted by Crippen LogP contribution is 2.21. The van der Waals surface area contributed by atoms with Crippen molar-refractivity contribution in [3.05, 3.63) is 94.6 Å². The number of thiazole rings is 1. The lowest BCUT2D eigenvalue weighted by Crippen LogP contribution is -2.11. The summed E-state index contributed by atoms with van der Waals surface area (Å²) < 4.78 is 11.4. The molecule has 4 rings (SSSR count). The van der Waals surface area contributed by atoms with Crippen LogP contribution in [-0.4, -0.2) is 15.9 Å². The van der Waals surface area contributed by atoms with E-state index in [1.54, 1.807) is 36.7 Å². The van der Waals surface area contributed by atoms with E-state index in [1.165, 1.54) is 11.3 Å². The van der Waals surface area contributed by atoms with E-state index in [-0.39, 0.29) is 5.91 Å². The number of ether oxygens (including phenoxy) is 1. The topological polar surface area (TPSA) is 77.2 Å². The van der Waals surface area contributed by atoms with Crippen LogP contribution in [0.2, 0.25) is 0 Å². The number of amides is 1. The van der Waals surface area contributed by atoms with Crippen LogP contribution in [0.25, 0.3) is 0 Å². The molecule has 1 amide bonds. The molecule has 0 fully saturated rings. The zero-order chi connectivity index (χ0) is 21.5. The molecule has 0 saturated carbocycles. The lowest BCUT2D eigenvalue weighted by atomic mass is 10.2. The van der Waals surface area contributed by atoms with Crippen LogP contribution in [0.3, 0.4) is 0 Å². The number of anilines is 1. The van der Waals surface area contributed by atoms with Gasteiger partial charge in [-0.25, -0.2) is 9.97 Å². The maximum atomic E-state index is 12.5. The number of aryl methyl sites for hydroxylation is 3. The average molecular weight is 434 g/mol. The van der Waals surface area contributed by atoms with Crippen molar-refractivity contribution in [2.24, 2.45) is 0 Å². The molecular formula is C24H23N3O3S. The maximum absolute atomic E-state index is 12.5. The van der Waals surface area contributed by atoms with Gasteiger partial charge in [-0.05, 0) is 36.2 Å². The van der Waals surface area contributed by atoms with E-state index in [0.29, 0.717) is 23.7 Å². The third-order valence-electron chi connectivity index (χ3n) is 4.67. The van der Waals surface area contributed by atoms with Crippen LogP contribution in [-0.2, 0) is 25.9 Å². The normalized spacial score (nSPS) is 10.7. The molecule has 0 aliphatic carbocycles. The second-order valence-electron chi connectivity index (χ2n) is 6.96. The highest BCUT2D eigenvalue weighted by Gasteiger charge is 2.11. The van der Waals surface area contributed by atoms with Crippen molar-refractivity contribution in [1.29, 1.82) is 0 Å². The number of nitrogens with zero attached hydrogens (tertiary/aromatic N) is 2. The number of hydrogen-bond acceptors (Lipinski definition) is 6.